The van der Waals surface area contributed by atoms with Crippen LogP contribution in [0.1, 0.15) is 17.3 Å². The van der Waals surface area contributed by atoms with Gasteiger partial charge in [0.1, 0.15) is 6.26 Å². The molecule has 126 valence electrons. The molecule has 2 N–H and O–H groups in total. The van der Waals surface area contributed by atoms with Gasteiger partial charge in [-0.1, -0.05) is 48.5 Å². The van der Waals surface area contributed by atoms with Gasteiger partial charge in [-0.05, 0) is 17.7 Å². The van der Waals surface area contributed by atoms with E-state index in [-0.39, 0.29) is 6.42 Å². The minimum Gasteiger partial charge on any atom is -0.479 e. The lowest BCUT2D eigenvalue weighted by molar-refractivity contribution is -0.142. The van der Waals surface area contributed by atoms with E-state index in [2.05, 4.69) is 10.3 Å². The molecule has 0 spiro atoms. The predicted molar refractivity (Wildman–Crippen MR) is 90.6 cm³/mol. The quantitative estimate of drug-likeness (QED) is 0.722. The van der Waals surface area contributed by atoms with Crippen molar-refractivity contribution in [3.05, 3.63) is 78.2 Å². The Morgan fingerprint density at radius 3 is 2.32 bits per heavy atom. The molecular weight excluding hydrogens is 320 g/mol. The molecule has 0 saturated heterocycles. The van der Waals surface area contributed by atoms with E-state index in [4.69, 9.17) is 4.42 Å². The number of carbonyl (C=O) groups is 2. The molecule has 0 aliphatic heterocycles. The van der Waals surface area contributed by atoms with Gasteiger partial charge >= 0.3 is 5.97 Å². The summed E-state index contributed by atoms with van der Waals surface area (Å²) in [6, 6.07) is 16.8. The Morgan fingerprint density at radius 1 is 1.04 bits per heavy atom. The number of amides is 1. The Bertz CT molecular complexity index is 859. The zero-order valence-electron chi connectivity index (χ0n) is 13.3. The number of nitrogens with zero attached hydrogens (tertiary/aromatic N) is 1. The first-order chi connectivity index (χ1) is 12.1. The van der Waals surface area contributed by atoms with Gasteiger partial charge < -0.3 is 14.8 Å². The van der Waals surface area contributed by atoms with Crippen molar-refractivity contribution in [1.82, 2.24) is 10.3 Å². The highest BCUT2D eigenvalue weighted by atomic mass is 16.4. The van der Waals surface area contributed by atoms with Gasteiger partial charge in [-0.25, -0.2) is 9.78 Å². The van der Waals surface area contributed by atoms with Gasteiger partial charge in [0.25, 0.3) is 0 Å². The van der Waals surface area contributed by atoms with E-state index in [9.17, 15) is 14.7 Å². The normalized spacial score (nSPS) is 11.7. The number of aromatic nitrogens is 1. The third-order valence-corrected chi connectivity index (χ3v) is 3.60. The van der Waals surface area contributed by atoms with Crippen LogP contribution in [-0.4, -0.2) is 22.0 Å². The van der Waals surface area contributed by atoms with Crippen LogP contribution in [0.5, 0.6) is 0 Å². The summed E-state index contributed by atoms with van der Waals surface area (Å²) in [5.74, 6) is -1.14. The fraction of sp³-hybridized carbons (Fsp3) is 0.105. The Kier molecular flexibility index (Phi) is 4.89. The average Bonchev–Trinajstić information content (AvgIpc) is 3.09. The molecule has 0 aliphatic rings. The van der Waals surface area contributed by atoms with E-state index >= 15 is 0 Å². The SMILES string of the molecule is O=C(Cc1coc(-c2ccccc2)n1)NC(C(=O)O)c1ccccc1. The third-order valence-electron chi connectivity index (χ3n) is 3.60. The zero-order chi connectivity index (χ0) is 17.6. The summed E-state index contributed by atoms with van der Waals surface area (Å²) in [4.78, 5) is 27.9. The number of nitrogens with one attached hydrogen (secondary N) is 1. The van der Waals surface area contributed by atoms with Crippen LogP contribution in [0, 0.1) is 0 Å². The summed E-state index contributed by atoms with van der Waals surface area (Å²) < 4.78 is 5.38. The molecule has 25 heavy (non-hydrogen) atoms. The second-order valence-corrected chi connectivity index (χ2v) is 5.44. The number of hydrogen-bond acceptors (Lipinski definition) is 4. The molecule has 0 radical (unpaired) electrons. The van der Waals surface area contributed by atoms with Crippen molar-refractivity contribution in [2.24, 2.45) is 0 Å². The van der Waals surface area contributed by atoms with E-state index in [0.29, 0.717) is 17.1 Å². The molecule has 2 aromatic carbocycles. The monoisotopic (exact) mass is 336 g/mol. The fourth-order valence-electron chi connectivity index (χ4n) is 2.41. The van der Waals surface area contributed by atoms with E-state index < -0.39 is 17.9 Å². The predicted octanol–water partition coefficient (Wildman–Crippen LogP) is 2.83. The third kappa shape index (κ3) is 4.11. The van der Waals surface area contributed by atoms with Gasteiger partial charge in [0.2, 0.25) is 11.8 Å². The van der Waals surface area contributed by atoms with Crippen molar-refractivity contribution < 1.29 is 19.1 Å². The summed E-state index contributed by atoms with van der Waals surface area (Å²) in [6.45, 7) is 0. The number of benzene rings is 2. The lowest BCUT2D eigenvalue weighted by Crippen LogP contribution is -2.34. The maximum Gasteiger partial charge on any atom is 0.330 e. The molecule has 0 saturated carbocycles. The molecule has 1 amide bonds. The average molecular weight is 336 g/mol. The van der Waals surface area contributed by atoms with E-state index in [1.54, 1.807) is 30.3 Å². The maximum absolute atomic E-state index is 12.2. The molecule has 1 heterocycles. The van der Waals surface area contributed by atoms with E-state index in [1.807, 2.05) is 30.3 Å². The molecule has 0 fully saturated rings. The number of carboxylic acids is 1. The molecule has 3 aromatic rings. The highest BCUT2D eigenvalue weighted by Gasteiger charge is 2.22. The van der Waals surface area contributed by atoms with Gasteiger partial charge in [0.15, 0.2) is 6.04 Å². The lowest BCUT2D eigenvalue weighted by atomic mass is 10.1. The van der Waals surface area contributed by atoms with Crippen molar-refractivity contribution in [3.8, 4) is 11.5 Å². The number of aliphatic carboxylic acids is 1. The van der Waals surface area contributed by atoms with Crippen molar-refractivity contribution in [3.63, 3.8) is 0 Å². The Hall–Kier alpha value is -3.41. The van der Waals surface area contributed by atoms with E-state index in [1.165, 1.54) is 6.26 Å². The van der Waals surface area contributed by atoms with Crippen LogP contribution < -0.4 is 5.32 Å². The molecule has 6 heteroatoms. The largest absolute Gasteiger partial charge is 0.479 e. The standard InChI is InChI=1S/C19H16N2O4/c22-16(21-17(19(23)24)13-7-3-1-4-8-13)11-15-12-25-18(20-15)14-9-5-2-6-10-14/h1-10,12,17H,11H2,(H,21,22)(H,23,24). The van der Waals surface area contributed by atoms with Crippen LogP contribution in [0.3, 0.4) is 0 Å². The summed E-state index contributed by atoms with van der Waals surface area (Å²) in [6.07, 6.45) is 1.34. The first kappa shape index (κ1) is 16.4. The number of hydrogen-bond donors (Lipinski definition) is 2. The Balaban J connectivity index is 1.68. The summed E-state index contributed by atoms with van der Waals surface area (Å²) in [5, 5.41) is 11.9. The smallest absolute Gasteiger partial charge is 0.330 e. The van der Waals surface area contributed by atoms with Gasteiger partial charge in [0, 0.05) is 5.56 Å². The van der Waals surface area contributed by atoms with Crippen LogP contribution in [0.2, 0.25) is 0 Å². The molecule has 0 bridgehead atoms. The lowest BCUT2D eigenvalue weighted by Gasteiger charge is -2.14. The van der Waals surface area contributed by atoms with Crippen LogP contribution >= 0.6 is 0 Å². The van der Waals surface area contributed by atoms with Crippen LogP contribution in [0.25, 0.3) is 11.5 Å². The zero-order valence-corrected chi connectivity index (χ0v) is 13.3. The second-order valence-electron chi connectivity index (χ2n) is 5.44. The summed E-state index contributed by atoms with van der Waals surface area (Å²) in [5.41, 5.74) is 1.75. The first-order valence-electron chi connectivity index (χ1n) is 7.70. The Morgan fingerprint density at radius 2 is 1.68 bits per heavy atom. The number of carboxylic acid groups (broad SMARTS) is 1. The summed E-state index contributed by atoms with van der Waals surface area (Å²) >= 11 is 0. The van der Waals surface area contributed by atoms with Crippen LogP contribution in [-0.2, 0) is 16.0 Å². The Labute approximate surface area is 144 Å². The molecule has 1 unspecified atom stereocenters. The molecule has 1 atom stereocenters. The fourth-order valence-corrected chi connectivity index (χ4v) is 2.41. The van der Waals surface area contributed by atoms with Gasteiger partial charge in [-0.3, -0.25) is 4.79 Å². The van der Waals surface area contributed by atoms with Crippen LogP contribution in [0.15, 0.2) is 71.3 Å². The van der Waals surface area contributed by atoms with Crippen molar-refractivity contribution in [2.45, 2.75) is 12.5 Å². The molecule has 0 aliphatic carbocycles. The number of rotatable bonds is 6. The summed E-state index contributed by atoms with van der Waals surface area (Å²) in [7, 11) is 0. The highest BCUT2D eigenvalue weighted by molar-refractivity contribution is 5.85. The molecular formula is C19H16N2O4. The molecule has 1 aromatic heterocycles. The molecule has 6 nitrogen and oxygen atoms in total. The van der Waals surface area contributed by atoms with Crippen molar-refractivity contribution in [1.29, 1.82) is 0 Å². The first-order valence-corrected chi connectivity index (χ1v) is 7.70. The number of oxazole rings is 1. The van der Waals surface area contributed by atoms with Crippen molar-refractivity contribution >= 4 is 11.9 Å². The minimum absolute atomic E-state index is 0.0626. The second kappa shape index (κ2) is 7.44. The number of carbonyl (C=O) groups excluding carboxylic acids is 1. The van der Waals surface area contributed by atoms with E-state index in [0.717, 1.165) is 5.56 Å². The highest BCUT2D eigenvalue weighted by Crippen LogP contribution is 2.18. The van der Waals surface area contributed by atoms with Crippen molar-refractivity contribution in [2.75, 3.05) is 0 Å². The van der Waals surface area contributed by atoms with Crippen LogP contribution in [0.4, 0.5) is 0 Å². The van der Waals surface area contributed by atoms with Gasteiger partial charge in [-0.2, -0.15) is 0 Å². The van der Waals surface area contributed by atoms with Gasteiger partial charge in [0.05, 0.1) is 12.1 Å². The van der Waals surface area contributed by atoms with Gasteiger partial charge in [-0.15, -0.1) is 0 Å². The topological polar surface area (TPSA) is 92.4 Å². The maximum atomic E-state index is 12.2. The minimum atomic E-state index is -1.12. The molecule has 3 rings (SSSR count).